The molecule has 0 bridgehead atoms. The average molecular weight is 399 g/mol. The van der Waals surface area contributed by atoms with Gasteiger partial charge in [0, 0.05) is 17.2 Å². The fourth-order valence-electron chi connectivity index (χ4n) is 2.55. The van der Waals surface area contributed by atoms with E-state index in [1.807, 2.05) is 19.1 Å². The summed E-state index contributed by atoms with van der Waals surface area (Å²) >= 11 is 6.14. The first-order valence-electron chi connectivity index (χ1n) is 8.39. The Morgan fingerprint density at radius 3 is 2.50 bits per heavy atom. The molecular weight excluding hydrogens is 380 g/mol. The number of halogens is 1. The van der Waals surface area contributed by atoms with Gasteiger partial charge >= 0.3 is 0 Å². The van der Waals surface area contributed by atoms with E-state index in [1.165, 1.54) is 6.33 Å². The van der Waals surface area contributed by atoms with Crippen LogP contribution in [0.5, 0.6) is 11.5 Å². The maximum Gasteiger partial charge on any atom is 0.274 e. The van der Waals surface area contributed by atoms with Crippen molar-refractivity contribution < 1.29 is 14.3 Å². The van der Waals surface area contributed by atoms with Gasteiger partial charge in [-0.25, -0.2) is 9.97 Å². The van der Waals surface area contributed by atoms with Crippen LogP contribution in [0.1, 0.15) is 16.1 Å². The van der Waals surface area contributed by atoms with Crippen molar-refractivity contribution in [2.24, 2.45) is 0 Å². The summed E-state index contributed by atoms with van der Waals surface area (Å²) in [6.45, 7) is 1.89. The topological polar surface area (TPSA) is 85.4 Å². The molecule has 3 rings (SSSR count). The standard InChI is InChI=1S/C20H19ClN4O3/c1-12-8-15(18(28-3)9-13(12)21)24-19-10-16(22-11-23-19)20(26)25-14-6-4-5-7-17(14)27-2/h4-11H,1-3H3,(H,25,26)(H,22,23,24). The summed E-state index contributed by atoms with van der Waals surface area (Å²) in [5.74, 6) is 1.19. The zero-order valence-corrected chi connectivity index (χ0v) is 16.4. The van der Waals surface area contributed by atoms with Gasteiger partial charge in [-0.3, -0.25) is 4.79 Å². The van der Waals surface area contributed by atoms with Gasteiger partial charge in [-0.05, 0) is 30.7 Å². The molecule has 0 fully saturated rings. The van der Waals surface area contributed by atoms with Gasteiger partial charge in [0.2, 0.25) is 0 Å². The van der Waals surface area contributed by atoms with E-state index in [-0.39, 0.29) is 11.6 Å². The van der Waals surface area contributed by atoms with Crippen LogP contribution >= 0.6 is 11.6 Å². The number of anilines is 3. The number of para-hydroxylation sites is 2. The Hall–Kier alpha value is -3.32. The number of nitrogens with zero attached hydrogens (tertiary/aromatic N) is 2. The molecule has 1 heterocycles. The van der Waals surface area contributed by atoms with Gasteiger partial charge in [0.25, 0.3) is 5.91 Å². The fourth-order valence-corrected chi connectivity index (χ4v) is 2.71. The van der Waals surface area contributed by atoms with Crippen molar-refractivity contribution in [3.63, 3.8) is 0 Å². The summed E-state index contributed by atoms with van der Waals surface area (Å²) < 4.78 is 10.6. The highest BCUT2D eigenvalue weighted by Crippen LogP contribution is 2.32. The molecule has 0 aliphatic rings. The second kappa shape index (κ2) is 8.58. The van der Waals surface area contributed by atoms with Gasteiger partial charge in [0.05, 0.1) is 25.6 Å². The first kappa shape index (κ1) is 19.4. The van der Waals surface area contributed by atoms with Gasteiger partial charge in [0.1, 0.15) is 29.3 Å². The van der Waals surface area contributed by atoms with Crippen LogP contribution in [0.2, 0.25) is 5.02 Å². The first-order valence-corrected chi connectivity index (χ1v) is 8.77. The van der Waals surface area contributed by atoms with E-state index < -0.39 is 0 Å². The number of amides is 1. The van der Waals surface area contributed by atoms with Crippen molar-refractivity contribution in [2.45, 2.75) is 6.92 Å². The molecule has 0 unspecified atom stereocenters. The largest absolute Gasteiger partial charge is 0.495 e. The third kappa shape index (κ3) is 4.32. The van der Waals surface area contributed by atoms with E-state index in [0.29, 0.717) is 33.7 Å². The molecule has 0 saturated heterocycles. The Morgan fingerprint density at radius 1 is 1.00 bits per heavy atom. The molecule has 0 atom stereocenters. The highest BCUT2D eigenvalue weighted by Gasteiger charge is 2.13. The van der Waals surface area contributed by atoms with Crippen molar-refractivity contribution in [3.05, 3.63) is 65.1 Å². The number of methoxy groups -OCH3 is 2. The van der Waals surface area contributed by atoms with Gasteiger partial charge in [-0.1, -0.05) is 23.7 Å². The molecule has 144 valence electrons. The summed E-state index contributed by atoms with van der Waals surface area (Å²) in [5.41, 5.74) is 2.32. The molecule has 2 N–H and O–H groups in total. The normalized spacial score (nSPS) is 10.3. The van der Waals surface area contributed by atoms with Crippen LogP contribution in [0.4, 0.5) is 17.2 Å². The van der Waals surface area contributed by atoms with Gasteiger partial charge in [-0.15, -0.1) is 0 Å². The second-order valence-corrected chi connectivity index (χ2v) is 6.28. The SMILES string of the molecule is COc1ccccc1NC(=O)c1cc(Nc2cc(C)c(Cl)cc2OC)ncn1. The van der Waals surface area contributed by atoms with Crippen LogP contribution in [0, 0.1) is 6.92 Å². The van der Waals surface area contributed by atoms with Crippen LogP contribution in [0.15, 0.2) is 48.8 Å². The molecule has 3 aromatic rings. The number of aromatic nitrogens is 2. The zero-order valence-electron chi connectivity index (χ0n) is 15.6. The Labute approximate surface area is 167 Å². The molecule has 1 amide bonds. The third-order valence-electron chi connectivity index (χ3n) is 4.00. The van der Waals surface area contributed by atoms with Gasteiger partial charge in [-0.2, -0.15) is 0 Å². The van der Waals surface area contributed by atoms with E-state index in [9.17, 15) is 4.79 Å². The van der Waals surface area contributed by atoms with Gasteiger partial charge in [0.15, 0.2) is 0 Å². The number of hydrogen-bond donors (Lipinski definition) is 2. The predicted octanol–water partition coefficient (Wildman–Crippen LogP) is 4.45. The van der Waals surface area contributed by atoms with E-state index >= 15 is 0 Å². The monoisotopic (exact) mass is 398 g/mol. The molecule has 7 nitrogen and oxygen atoms in total. The second-order valence-electron chi connectivity index (χ2n) is 5.87. The molecule has 0 aliphatic heterocycles. The van der Waals surface area contributed by atoms with Crippen LogP contribution in [0.25, 0.3) is 0 Å². The van der Waals surface area contributed by atoms with E-state index in [4.69, 9.17) is 21.1 Å². The maximum absolute atomic E-state index is 12.6. The first-order chi connectivity index (χ1) is 13.5. The number of nitrogens with one attached hydrogen (secondary N) is 2. The highest BCUT2D eigenvalue weighted by atomic mass is 35.5. The summed E-state index contributed by atoms with van der Waals surface area (Å²) in [6, 6.07) is 12.3. The molecule has 0 radical (unpaired) electrons. The molecule has 0 saturated carbocycles. The number of carbonyl (C=O) groups is 1. The molecule has 0 spiro atoms. The zero-order chi connectivity index (χ0) is 20.1. The molecular formula is C20H19ClN4O3. The minimum absolute atomic E-state index is 0.202. The van der Waals surface area contributed by atoms with Crippen molar-refractivity contribution in [3.8, 4) is 11.5 Å². The number of ether oxygens (including phenoxy) is 2. The molecule has 2 aromatic carbocycles. The van der Waals surface area contributed by atoms with Crippen LogP contribution in [-0.2, 0) is 0 Å². The summed E-state index contributed by atoms with van der Waals surface area (Å²) in [6.07, 6.45) is 1.31. The average Bonchev–Trinajstić information content (AvgIpc) is 2.71. The number of hydrogen-bond acceptors (Lipinski definition) is 6. The number of carbonyl (C=O) groups excluding carboxylic acids is 1. The van der Waals surface area contributed by atoms with E-state index in [1.54, 1.807) is 44.6 Å². The van der Waals surface area contributed by atoms with Crippen LogP contribution in [0.3, 0.4) is 0 Å². The summed E-state index contributed by atoms with van der Waals surface area (Å²) in [4.78, 5) is 20.8. The van der Waals surface area contributed by atoms with E-state index in [2.05, 4.69) is 20.6 Å². The van der Waals surface area contributed by atoms with Gasteiger partial charge < -0.3 is 20.1 Å². The highest BCUT2D eigenvalue weighted by molar-refractivity contribution is 6.31. The Balaban J connectivity index is 1.83. The quantitative estimate of drug-likeness (QED) is 0.638. The number of rotatable bonds is 6. The lowest BCUT2D eigenvalue weighted by atomic mass is 10.2. The number of benzene rings is 2. The summed E-state index contributed by atoms with van der Waals surface area (Å²) in [5, 5.41) is 6.52. The summed E-state index contributed by atoms with van der Waals surface area (Å²) in [7, 11) is 3.09. The third-order valence-corrected chi connectivity index (χ3v) is 4.41. The fraction of sp³-hybridized carbons (Fsp3) is 0.150. The molecule has 0 aliphatic carbocycles. The van der Waals surface area contributed by atoms with Crippen molar-refractivity contribution in [1.82, 2.24) is 9.97 Å². The Bertz CT molecular complexity index is 1010. The predicted molar refractivity (Wildman–Crippen MR) is 109 cm³/mol. The Kier molecular flexibility index (Phi) is 5.96. The molecule has 8 heteroatoms. The number of aryl methyl sites for hydroxylation is 1. The van der Waals surface area contributed by atoms with Crippen molar-refractivity contribution in [1.29, 1.82) is 0 Å². The van der Waals surface area contributed by atoms with Crippen LogP contribution < -0.4 is 20.1 Å². The Morgan fingerprint density at radius 2 is 1.75 bits per heavy atom. The molecule has 1 aromatic heterocycles. The van der Waals surface area contributed by atoms with Crippen molar-refractivity contribution in [2.75, 3.05) is 24.9 Å². The maximum atomic E-state index is 12.6. The lowest BCUT2D eigenvalue weighted by molar-refractivity contribution is 0.102. The lowest BCUT2D eigenvalue weighted by Gasteiger charge is -2.13. The van der Waals surface area contributed by atoms with Crippen LogP contribution in [-0.4, -0.2) is 30.1 Å². The smallest absolute Gasteiger partial charge is 0.274 e. The lowest BCUT2D eigenvalue weighted by Crippen LogP contribution is -2.15. The minimum Gasteiger partial charge on any atom is -0.495 e. The minimum atomic E-state index is -0.380. The van der Waals surface area contributed by atoms with Crippen molar-refractivity contribution >= 4 is 34.7 Å². The van der Waals surface area contributed by atoms with E-state index in [0.717, 1.165) is 5.56 Å². The molecule has 28 heavy (non-hydrogen) atoms.